The highest BCUT2D eigenvalue weighted by Gasteiger charge is 2.50. The van der Waals surface area contributed by atoms with E-state index in [1.54, 1.807) is 16.7 Å². The van der Waals surface area contributed by atoms with Gasteiger partial charge in [0.15, 0.2) is 0 Å². The molecule has 0 atom stereocenters. The summed E-state index contributed by atoms with van der Waals surface area (Å²) in [5.74, 6) is 0. The fraction of sp³-hybridized carbons (Fsp3) is 0.750. The van der Waals surface area contributed by atoms with E-state index in [0.29, 0.717) is 15.5 Å². The maximum Gasteiger partial charge on any atom is 0.355 e. The van der Waals surface area contributed by atoms with Gasteiger partial charge < -0.3 is 0 Å². The van der Waals surface area contributed by atoms with E-state index in [1.807, 2.05) is 0 Å². The Bertz CT molecular complexity index is 1070. The quantitative estimate of drug-likeness (QED) is 0.127. The zero-order valence-electron chi connectivity index (χ0n) is 31.6. The second-order valence-electron chi connectivity index (χ2n) is 20.6. The van der Waals surface area contributed by atoms with Gasteiger partial charge in [0.2, 0.25) is 0 Å². The van der Waals surface area contributed by atoms with Crippen molar-refractivity contribution in [3.8, 4) is 11.1 Å². The van der Waals surface area contributed by atoms with Crippen molar-refractivity contribution in [2.45, 2.75) is 153 Å². The van der Waals surface area contributed by atoms with Crippen molar-refractivity contribution in [3.63, 3.8) is 0 Å². The van der Waals surface area contributed by atoms with Gasteiger partial charge >= 0.3 is 6.69 Å². The summed E-state index contributed by atoms with van der Waals surface area (Å²) >= 11 is 15.6. The zero-order chi connectivity index (χ0) is 33.9. The molecule has 1 rings (SSSR count). The lowest BCUT2D eigenvalue weighted by Gasteiger charge is -2.46. The minimum Gasteiger partial charge on any atom is -0.136 e. The van der Waals surface area contributed by atoms with Crippen molar-refractivity contribution < 1.29 is 0 Å². The Balaban J connectivity index is 4.84. The van der Waals surface area contributed by atoms with Crippen LogP contribution in [0, 0.1) is 11.1 Å². The van der Waals surface area contributed by atoms with Crippen LogP contribution in [-0.2, 0) is 0 Å². The number of hydrogen-bond acceptors (Lipinski definition) is 0. The van der Waals surface area contributed by atoms with Crippen molar-refractivity contribution in [2.75, 3.05) is 0 Å². The summed E-state index contributed by atoms with van der Waals surface area (Å²) in [5.41, 5.74) is 12.1. The van der Waals surface area contributed by atoms with Crippen molar-refractivity contribution in [2.24, 2.45) is 0 Å². The van der Waals surface area contributed by atoms with Crippen LogP contribution >= 0.6 is 22.2 Å². The first-order chi connectivity index (χ1) is 18.0. The summed E-state index contributed by atoms with van der Waals surface area (Å²) in [5, 5.41) is 3.17. The molecule has 0 unspecified atom stereocenters. The lowest BCUT2D eigenvalue weighted by molar-refractivity contribution is 1.10. The second-order valence-corrected chi connectivity index (χ2v) is 64.9. The van der Waals surface area contributed by atoms with E-state index in [2.05, 4.69) is 161 Å². The van der Waals surface area contributed by atoms with Crippen LogP contribution in [-0.4, -0.2) is 63.2 Å². The molecule has 42 heavy (non-hydrogen) atoms. The summed E-state index contributed by atoms with van der Waals surface area (Å²) in [4.78, 5) is 0. The highest BCUT2D eigenvalue weighted by atomic mass is 35.7. The zero-order valence-corrected chi connectivity index (χ0v) is 41.2. The molecule has 0 fully saturated rings. The van der Waals surface area contributed by atoms with Crippen LogP contribution in [0.25, 0.3) is 0 Å². The van der Waals surface area contributed by atoms with Gasteiger partial charge in [-0.05, 0) is 37.4 Å². The number of benzene rings is 1. The highest BCUT2D eigenvalue weighted by Crippen LogP contribution is 2.45. The lowest BCUT2D eigenvalue weighted by atomic mass is 10.1. The minimum absolute atomic E-state index is 0.574. The monoisotopic (exact) mass is 746 g/mol. The maximum atomic E-state index is 7.81. The first-order valence-corrected chi connectivity index (χ1v) is 45.1. The summed E-state index contributed by atoms with van der Waals surface area (Å²) < 4.78 is 0. The second kappa shape index (κ2) is 12.9. The van der Waals surface area contributed by atoms with Gasteiger partial charge in [0.1, 0.15) is 8.07 Å². The van der Waals surface area contributed by atoms with Gasteiger partial charge in [-0.1, -0.05) is 155 Å². The number of halogens is 2. The summed E-state index contributed by atoms with van der Waals surface area (Å²) in [7, 11) is -11.4. The molecule has 0 N–H and O–H groups in total. The van der Waals surface area contributed by atoms with Crippen LogP contribution in [0.5, 0.6) is 0 Å². The first kappa shape index (κ1) is 41.1. The SMILES string of the molecule is C[Si](C)(C)C#C[Si](Cl)(Cl)c1c(C([Si](C)(C)C)[Si](C)(C)C)cc(C([Si](C)(C)C)[Si](C)(C)C)cc1C([Si](C)(C)C)[Si](C)(C)C. The molecule has 10 heteroatoms. The van der Waals surface area contributed by atoms with Crippen LogP contribution < -0.4 is 5.19 Å². The molecule has 0 spiro atoms. The fourth-order valence-corrected chi connectivity index (χ4v) is 53.1. The molecule has 0 aliphatic rings. The molecule has 0 aliphatic heterocycles. The fourth-order valence-electron chi connectivity index (χ4n) is 8.79. The molecule has 0 aliphatic carbocycles. The van der Waals surface area contributed by atoms with Gasteiger partial charge in [0.25, 0.3) is 0 Å². The van der Waals surface area contributed by atoms with Crippen molar-refractivity contribution in [1.82, 2.24) is 0 Å². The standard InChI is InChI=1S/C32H68Cl2Si8/c1-35(2,3)22-23-42(33,34)29-27(31(38(10,11)12)39(13,14)15)24-26(30(36(4,5)6)37(7,8)9)25-28(29)32(40(16,17)18)41(19,20)21/h24-25,30-32H,1-21H3. The minimum atomic E-state index is -3.14. The molecule has 1 aromatic rings. The molecule has 0 amide bonds. The topological polar surface area (TPSA) is 0 Å². The van der Waals surface area contributed by atoms with Crippen LogP contribution in [0.3, 0.4) is 0 Å². The Morgan fingerprint density at radius 3 is 0.905 bits per heavy atom. The van der Waals surface area contributed by atoms with Gasteiger partial charge in [0, 0.05) is 48.4 Å². The summed E-state index contributed by atoms with van der Waals surface area (Å²) in [6.45, 7) is 50.5. The Morgan fingerprint density at radius 2 is 0.690 bits per heavy atom. The van der Waals surface area contributed by atoms with Gasteiger partial charge in [-0.2, -0.15) is 0 Å². The molecule has 0 bridgehead atoms. The molecule has 0 saturated heterocycles. The predicted octanol–water partition coefficient (Wildman–Crippen LogP) is 11.7. The van der Waals surface area contributed by atoms with Gasteiger partial charge in [-0.15, -0.1) is 27.7 Å². The lowest BCUT2D eigenvalue weighted by Crippen LogP contribution is -2.56. The van der Waals surface area contributed by atoms with E-state index in [0.717, 1.165) is 0 Å². The van der Waals surface area contributed by atoms with E-state index >= 15 is 0 Å². The summed E-state index contributed by atoms with van der Waals surface area (Å²) in [6, 6.07) is 5.41. The first-order valence-electron chi connectivity index (χ1n) is 16.1. The third kappa shape index (κ3) is 10.8. The van der Waals surface area contributed by atoms with Crippen molar-refractivity contribution in [3.05, 3.63) is 28.8 Å². The number of rotatable bonds is 10. The van der Waals surface area contributed by atoms with Crippen LogP contribution in [0.4, 0.5) is 0 Å². The van der Waals surface area contributed by atoms with E-state index in [4.69, 9.17) is 22.2 Å². The molecular weight excluding hydrogens is 680 g/mol. The molecular formula is C32H68Cl2Si8. The highest BCUT2D eigenvalue weighted by molar-refractivity contribution is 7.54. The average Bonchev–Trinajstić information content (AvgIpc) is 2.58. The van der Waals surface area contributed by atoms with E-state index in [-0.39, 0.29) is 0 Å². The normalized spacial score (nSPS) is 15.0. The molecule has 0 heterocycles. The Labute approximate surface area is 281 Å². The molecule has 242 valence electrons. The maximum absolute atomic E-state index is 7.81. The van der Waals surface area contributed by atoms with Crippen LogP contribution in [0.1, 0.15) is 32.2 Å². The van der Waals surface area contributed by atoms with E-state index < -0.39 is 63.2 Å². The molecule has 0 aromatic heterocycles. The summed E-state index contributed by atoms with van der Waals surface area (Å²) in [6.07, 6.45) is 0. The van der Waals surface area contributed by atoms with E-state index in [1.165, 1.54) is 5.19 Å². The average molecular weight is 748 g/mol. The Morgan fingerprint density at radius 1 is 0.429 bits per heavy atom. The van der Waals surface area contributed by atoms with Gasteiger partial charge in [-0.25, -0.2) is 0 Å². The van der Waals surface area contributed by atoms with Gasteiger partial charge in [-0.3, -0.25) is 0 Å². The molecule has 0 nitrogen and oxygen atoms in total. The predicted molar refractivity (Wildman–Crippen MR) is 223 cm³/mol. The van der Waals surface area contributed by atoms with Crippen LogP contribution in [0.2, 0.25) is 137 Å². The molecule has 0 radical (unpaired) electrons. The van der Waals surface area contributed by atoms with Crippen molar-refractivity contribution >= 4 is 90.6 Å². The molecule has 1 aromatic carbocycles. The van der Waals surface area contributed by atoms with Crippen LogP contribution in [0.15, 0.2) is 12.1 Å². The third-order valence-electron chi connectivity index (χ3n) is 8.28. The van der Waals surface area contributed by atoms with E-state index in [9.17, 15) is 0 Å². The largest absolute Gasteiger partial charge is 0.355 e. The van der Waals surface area contributed by atoms with Gasteiger partial charge in [0.05, 0.1) is 0 Å². The smallest absolute Gasteiger partial charge is 0.136 e. The molecule has 0 saturated carbocycles. The Kier molecular flexibility index (Phi) is 12.7. The number of hydrogen-bond donors (Lipinski definition) is 0. The third-order valence-corrected chi connectivity index (χ3v) is 40.6. The Hall–Kier alpha value is 1.10. The van der Waals surface area contributed by atoms with Crippen molar-refractivity contribution in [1.29, 1.82) is 0 Å².